The first-order valence-electron chi connectivity index (χ1n) is 6.80. The van der Waals surface area contributed by atoms with E-state index >= 15 is 0 Å². The molecular formula is C13H26N2OS. The second-order valence-corrected chi connectivity index (χ2v) is 5.70. The van der Waals surface area contributed by atoms with E-state index in [4.69, 9.17) is 0 Å². The molecule has 0 aromatic heterocycles. The minimum absolute atomic E-state index is 0.0983. The van der Waals surface area contributed by atoms with Crippen LogP contribution in [0.5, 0.6) is 0 Å². The summed E-state index contributed by atoms with van der Waals surface area (Å²) in [4.78, 5) is 14.0. The Kier molecular flexibility index (Phi) is 7.69. The summed E-state index contributed by atoms with van der Waals surface area (Å²) < 4.78 is 0. The van der Waals surface area contributed by atoms with Gasteiger partial charge in [0.05, 0.1) is 12.7 Å². The predicted octanol–water partition coefficient (Wildman–Crippen LogP) is 2.47. The normalized spacial score (nSPS) is 20.2. The van der Waals surface area contributed by atoms with Crippen molar-refractivity contribution in [3.05, 3.63) is 0 Å². The van der Waals surface area contributed by atoms with E-state index < -0.39 is 0 Å². The number of hydrogen-bond acceptors (Lipinski definition) is 3. The molecule has 0 radical (unpaired) electrons. The Morgan fingerprint density at radius 2 is 2.18 bits per heavy atom. The van der Waals surface area contributed by atoms with Gasteiger partial charge < -0.3 is 4.90 Å². The molecule has 0 spiro atoms. The van der Waals surface area contributed by atoms with Gasteiger partial charge in [-0.2, -0.15) is 11.8 Å². The molecule has 1 unspecified atom stereocenters. The lowest BCUT2D eigenvalue weighted by atomic mass is 10.1. The highest BCUT2D eigenvalue weighted by Crippen LogP contribution is 2.12. The Morgan fingerprint density at radius 3 is 2.88 bits per heavy atom. The molecule has 1 aliphatic heterocycles. The second kappa shape index (κ2) is 8.81. The molecule has 1 amide bonds. The summed E-state index contributed by atoms with van der Waals surface area (Å²) in [7, 11) is 0. The number of nitrogens with zero attached hydrogens (tertiary/aromatic N) is 1. The Morgan fingerprint density at radius 1 is 1.35 bits per heavy atom. The predicted molar refractivity (Wildman–Crippen MR) is 75.3 cm³/mol. The standard InChI is InChI=1S/C13H26N2OS/c1-3-4-8-12-13(16)15(11-14-12)9-6-5-7-10-17-2/h12,14H,3-11H2,1-2H3. The van der Waals surface area contributed by atoms with E-state index in [-0.39, 0.29) is 6.04 Å². The van der Waals surface area contributed by atoms with Crippen molar-refractivity contribution in [1.82, 2.24) is 10.2 Å². The average Bonchev–Trinajstić information content (AvgIpc) is 2.68. The number of carbonyl (C=O) groups is 1. The molecule has 3 nitrogen and oxygen atoms in total. The van der Waals surface area contributed by atoms with Crippen molar-refractivity contribution >= 4 is 17.7 Å². The van der Waals surface area contributed by atoms with E-state index in [0.717, 1.165) is 32.5 Å². The molecule has 0 aliphatic carbocycles. The monoisotopic (exact) mass is 258 g/mol. The van der Waals surface area contributed by atoms with Crippen LogP contribution in [-0.4, -0.2) is 42.1 Å². The second-order valence-electron chi connectivity index (χ2n) is 4.71. The van der Waals surface area contributed by atoms with E-state index in [1.165, 1.54) is 25.0 Å². The third-order valence-corrected chi connectivity index (χ3v) is 3.96. The molecule has 0 bridgehead atoms. The third-order valence-electron chi connectivity index (χ3n) is 3.26. The van der Waals surface area contributed by atoms with Gasteiger partial charge in [-0.05, 0) is 31.3 Å². The van der Waals surface area contributed by atoms with Gasteiger partial charge in [-0.3, -0.25) is 10.1 Å². The van der Waals surface area contributed by atoms with E-state index in [0.29, 0.717) is 5.91 Å². The largest absolute Gasteiger partial charge is 0.329 e. The summed E-state index contributed by atoms with van der Waals surface area (Å²) in [5.74, 6) is 1.56. The van der Waals surface area contributed by atoms with E-state index in [1.807, 2.05) is 16.7 Å². The highest BCUT2D eigenvalue weighted by atomic mass is 32.2. The molecule has 100 valence electrons. The third kappa shape index (κ3) is 5.30. The molecule has 0 aromatic rings. The fraction of sp³-hybridized carbons (Fsp3) is 0.923. The minimum Gasteiger partial charge on any atom is -0.329 e. The number of thioether (sulfide) groups is 1. The van der Waals surface area contributed by atoms with Crippen LogP contribution in [-0.2, 0) is 4.79 Å². The molecular weight excluding hydrogens is 232 g/mol. The molecule has 1 rings (SSSR count). The lowest BCUT2D eigenvalue weighted by molar-refractivity contribution is -0.129. The highest BCUT2D eigenvalue weighted by Gasteiger charge is 2.29. The van der Waals surface area contributed by atoms with E-state index in [1.54, 1.807) is 0 Å². The summed E-state index contributed by atoms with van der Waals surface area (Å²) in [6.07, 6.45) is 9.12. The molecule has 1 heterocycles. The van der Waals surface area contributed by atoms with Crippen molar-refractivity contribution < 1.29 is 4.79 Å². The van der Waals surface area contributed by atoms with Crippen molar-refractivity contribution in [2.24, 2.45) is 0 Å². The van der Waals surface area contributed by atoms with E-state index in [9.17, 15) is 4.79 Å². The first-order valence-corrected chi connectivity index (χ1v) is 8.20. The van der Waals surface area contributed by atoms with Crippen LogP contribution in [0.3, 0.4) is 0 Å². The summed E-state index contributed by atoms with van der Waals surface area (Å²) in [5.41, 5.74) is 0. The summed E-state index contributed by atoms with van der Waals surface area (Å²) in [6.45, 7) is 3.86. The Balaban J connectivity index is 2.12. The van der Waals surface area contributed by atoms with Gasteiger partial charge in [0.1, 0.15) is 0 Å². The SMILES string of the molecule is CCCCC1NCN(CCCCCSC)C1=O. The van der Waals surface area contributed by atoms with Gasteiger partial charge in [0.15, 0.2) is 0 Å². The number of amides is 1. The molecule has 0 saturated carbocycles. The van der Waals surface area contributed by atoms with Gasteiger partial charge in [0, 0.05) is 6.54 Å². The number of carbonyl (C=O) groups excluding carboxylic acids is 1. The Labute approximate surface area is 110 Å². The van der Waals surface area contributed by atoms with Gasteiger partial charge in [-0.1, -0.05) is 26.2 Å². The zero-order valence-electron chi connectivity index (χ0n) is 11.2. The summed E-state index contributed by atoms with van der Waals surface area (Å²) in [5, 5.41) is 3.32. The Hall–Kier alpha value is -0.220. The molecule has 1 fully saturated rings. The lowest BCUT2D eigenvalue weighted by Gasteiger charge is -2.15. The van der Waals surface area contributed by atoms with Crippen LogP contribution in [0.25, 0.3) is 0 Å². The van der Waals surface area contributed by atoms with Crippen LogP contribution in [0.15, 0.2) is 0 Å². The van der Waals surface area contributed by atoms with Crippen molar-refractivity contribution in [2.75, 3.05) is 25.2 Å². The maximum atomic E-state index is 12.0. The highest BCUT2D eigenvalue weighted by molar-refractivity contribution is 7.98. The number of unbranched alkanes of at least 4 members (excludes halogenated alkanes) is 3. The zero-order valence-corrected chi connectivity index (χ0v) is 12.0. The van der Waals surface area contributed by atoms with Gasteiger partial charge in [0.25, 0.3) is 0 Å². The van der Waals surface area contributed by atoms with E-state index in [2.05, 4.69) is 18.5 Å². The van der Waals surface area contributed by atoms with Crippen LogP contribution in [0.2, 0.25) is 0 Å². The lowest BCUT2D eigenvalue weighted by Crippen LogP contribution is -2.31. The first-order chi connectivity index (χ1) is 8.29. The number of nitrogens with one attached hydrogen (secondary N) is 1. The zero-order chi connectivity index (χ0) is 12.5. The molecule has 1 atom stereocenters. The quantitative estimate of drug-likeness (QED) is 0.645. The molecule has 1 saturated heterocycles. The fourth-order valence-electron chi connectivity index (χ4n) is 2.15. The molecule has 1 N–H and O–H groups in total. The number of rotatable bonds is 9. The molecule has 1 aliphatic rings. The maximum absolute atomic E-state index is 12.0. The minimum atomic E-state index is 0.0983. The van der Waals surface area contributed by atoms with Crippen LogP contribution in [0, 0.1) is 0 Å². The molecule has 4 heteroatoms. The van der Waals surface area contributed by atoms with Gasteiger partial charge in [-0.25, -0.2) is 0 Å². The van der Waals surface area contributed by atoms with Crippen LogP contribution < -0.4 is 5.32 Å². The average molecular weight is 258 g/mol. The fourth-order valence-corrected chi connectivity index (χ4v) is 2.65. The first kappa shape index (κ1) is 14.8. The van der Waals surface area contributed by atoms with Gasteiger partial charge >= 0.3 is 0 Å². The summed E-state index contributed by atoms with van der Waals surface area (Å²) >= 11 is 1.90. The van der Waals surface area contributed by atoms with Crippen molar-refractivity contribution in [1.29, 1.82) is 0 Å². The van der Waals surface area contributed by atoms with Crippen LogP contribution in [0.4, 0.5) is 0 Å². The van der Waals surface area contributed by atoms with Crippen molar-refractivity contribution in [2.45, 2.75) is 51.5 Å². The topological polar surface area (TPSA) is 32.3 Å². The smallest absolute Gasteiger partial charge is 0.240 e. The molecule has 17 heavy (non-hydrogen) atoms. The molecule has 0 aromatic carbocycles. The maximum Gasteiger partial charge on any atom is 0.240 e. The number of hydrogen-bond donors (Lipinski definition) is 1. The Bertz CT molecular complexity index is 223. The summed E-state index contributed by atoms with van der Waals surface area (Å²) in [6, 6.07) is 0.0983. The van der Waals surface area contributed by atoms with Crippen molar-refractivity contribution in [3.63, 3.8) is 0 Å². The van der Waals surface area contributed by atoms with Gasteiger partial charge in [0.2, 0.25) is 5.91 Å². The van der Waals surface area contributed by atoms with Crippen molar-refractivity contribution in [3.8, 4) is 0 Å². The van der Waals surface area contributed by atoms with Crippen LogP contribution >= 0.6 is 11.8 Å². The van der Waals surface area contributed by atoms with Gasteiger partial charge in [-0.15, -0.1) is 0 Å². The van der Waals surface area contributed by atoms with Crippen LogP contribution in [0.1, 0.15) is 45.4 Å².